The molecular formula is C17H21N3O2S. The summed E-state index contributed by atoms with van der Waals surface area (Å²) >= 11 is 1.56. The van der Waals surface area contributed by atoms with Gasteiger partial charge in [-0.1, -0.05) is 6.42 Å². The van der Waals surface area contributed by atoms with Crippen molar-refractivity contribution in [2.75, 3.05) is 13.1 Å². The molecule has 0 radical (unpaired) electrons. The topological polar surface area (TPSA) is 66.1 Å². The zero-order valence-electron chi connectivity index (χ0n) is 13.5. The fourth-order valence-electron chi connectivity index (χ4n) is 3.58. The normalized spacial score (nSPS) is 22.1. The van der Waals surface area contributed by atoms with Crippen molar-refractivity contribution in [2.45, 2.75) is 45.4 Å². The Morgan fingerprint density at radius 2 is 2.09 bits per heavy atom. The number of aromatic amines is 1. The van der Waals surface area contributed by atoms with E-state index in [1.807, 2.05) is 18.7 Å². The van der Waals surface area contributed by atoms with Gasteiger partial charge in [0.05, 0.1) is 5.39 Å². The lowest BCUT2D eigenvalue weighted by molar-refractivity contribution is -0.128. The predicted molar refractivity (Wildman–Crippen MR) is 91.0 cm³/mol. The number of fused-ring (bicyclic) bond motifs is 1. The largest absolute Gasteiger partial charge is 0.342 e. The van der Waals surface area contributed by atoms with E-state index in [9.17, 15) is 9.59 Å². The molecule has 23 heavy (non-hydrogen) atoms. The van der Waals surface area contributed by atoms with E-state index in [2.05, 4.69) is 9.97 Å². The molecule has 0 aromatic carbocycles. The van der Waals surface area contributed by atoms with Gasteiger partial charge in [0, 0.05) is 30.3 Å². The minimum atomic E-state index is -0.0725. The Balaban J connectivity index is 1.62. The Morgan fingerprint density at radius 3 is 2.78 bits per heavy atom. The lowest BCUT2D eigenvalue weighted by Crippen LogP contribution is -2.33. The molecule has 6 heteroatoms. The summed E-state index contributed by atoms with van der Waals surface area (Å²) in [6, 6.07) is 0. The highest BCUT2D eigenvalue weighted by atomic mass is 32.1. The SMILES string of the molecule is Cc1sc2nc(C3CC(=O)N(CC4CCC4)C3)[nH]c(=O)c2c1C. The van der Waals surface area contributed by atoms with Crippen molar-refractivity contribution in [3.63, 3.8) is 0 Å². The van der Waals surface area contributed by atoms with E-state index in [0.717, 1.165) is 21.8 Å². The summed E-state index contributed by atoms with van der Waals surface area (Å²) in [4.78, 5) is 36.1. The first-order valence-corrected chi connectivity index (χ1v) is 9.12. The molecule has 2 aliphatic rings. The average Bonchev–Trinajstić information content (AvgIpc) is 2.96. The van der Waals surface area contributed by atoms with Crippen LogP contribution in [0.25, 0.3) is 10.2 Å². The van der Waals surface area contributed by atoms with E-state index in [-0.39, 0.29) is 17.4 Å². The number of rotatable bonds is 3. The van der Waals surface area contributed by atoms with Crippen molar-refractivity contribution in [3.05, 3.63) is 26.6 Å². The molecule has 0 bridgehead atoms. The molecule has 122 valence electrons. The summed E-state index contributed by atoms with van der Waals surface area (Å²) < 4.78 is 0. The van der Waals surface area contributed by atoms with Gasteiger partial charge < -0.3 is 9.88 Å². The summed E-state index contributed by atoms with van der Waals surface area (Å²) in [5.74, 6) is 1.56. The molecule has 2 fully saturated rings. The lowest BCUT2D eigenvalue weighted by atomic mass is 9.85. The third kappa shape index (κ3) is 2.49. The van der Waals surface area contributed by atoms with Gasteiger partial charge in [-0.05, 0) is 38.2 Å². The molecule has 1 N–H and O–H groups in total. The van der Waals surface area contributed by atoms with Crippen LogP contribution in [-0.2, 0) is 4.79 Å². The van der Waals surface area contributed by atoms with Crippen LogP contribution in [0.2, 0.25) is 0 Å². The molecule has 2 aromatic rings. The molecule has 1 saturated heterocycles. The Morgan fingerprint density at radius 1 is 1.30 bits per heavy atom. The van der Waals surface area contributed by atoms with Crippen LogP contribution >= 0.6 is 11.3 Å². The Labute approximate surface area is 138 Å². The van der Waals surface area contributed by atoms with Gasteiger partial charge in [0.1, 0.15) is 10.7 Å². The Hall–Kier alpha value is -1.69. The highest BCUT2D eigenvalue weighted by molar-refractivity contribution is 7.18. The molecule has 1 unspecified atom stereocenters. The summed E-state index contributed by atoms with van der Waals surface area (Å²) in [7, 11) is 0. The molecule has 1 saturated carbocycles. The van der Waals surface area contributed by atoms with Crippen molar-refractivity contribution >= 4 is 27.5 Å². The summed E-state index contributed by atoms with van der Waals surface area (Å²) in [6.07, 6.45) is 4.23. The maximum Gasteiger partial charge on any atom is 0.259 e. The number of hydrogen-bond acceptors (Lipinski definition) is 4. The van der Waals surface area contributed by atoms with Crippen LogP contribution in [-0.4, -0.2) is 33.9 Å². The molecule has 3 heterocycles. The van der Waals surface area contributed by atoms with Crippen molar-refractivity contribution in [3.8, 4) is 0 Å². The smallest absolute Gasteiger partial charge is 0.259 e. The molecule has 1 aliphatic carbocycles. The van der Waals surface area contributed by atoms with Gasteiger partial charge in [-0.15, -0.1) is 11.3 Å². The standard InChI is InChI=1S/C17H21N3O2S/c1-9-10(2)23-17-14(9)16(22)18-15(19-17)12-6-13(21)20(8-12)7-11-4-3-5-11/h11-12H,3-8H2,1-2H3,(H,18,19,22). The zero-order valence-corrected chi connectivity index (χ0v) is 14.3. The van der Waals surface area contributed by atoms with E-state index < -0.39 is 0 Å². The number of thiophene rings is 1. The third-order valence-corrected chi connectivity index (χ3v) is 6.46. The number of H-pyrrole nitrogens is 1. The van der Waals surface area contributed by atoms with Gasteiger partial charge >= 0.3 is 0 Å². The number of aromatic nitrogens is 2. The number of hydrogen-bond donors (Lipinski definition) is 1. The minimum Gasteiger partial charge on any atom is -0.342 e. The zero-order chi connectivity index (χ0) is 16.1. The highest BCUT2D eigenvalue weighted by Crippen LogP contribution is 2.33. The number of nitrogens with one attached hydrogen (secondary N) is 1. The second-order valence-electron chi connectivity index (χ2n) is 6.91. The van der Waals surface area contributed by atoms with E-state index in [4.69, 9.17) is 0 Å². The minimum absolute atomic E-state index is 0.0161. The van der Waals surface area contributed by atoms with Gasteiger partial charge in [-0.2, -0.15) is 0 Å². The Bertz CT molecular complexity index is 834. The van der Waals surface area contributed by atoms with Crippen molar-refractivity contribution in [2.24, 2.45) is 5.92 Å². The van der Waals surface area contributed by atoms with Gasteiger partial charge in [0.25, 0.3) is 5.56 Å². The number of carbonyl (C=O) groups is 1. The first-order chi connectivity index (χ1) is 11.0. The van der Waals surface area contributed by atoms with Crippen LogP contribution in [0.5, 0.6) is 0 Å². The fraction of sp³-hybridized carbons (Fsp3) is 0.588. The highest BCUT2D eigenvalue weighted by Gasteiger charge is 2.34. The van der Waals surface area contributed by atoms with Gasteiger partial charge in [0.15, 0.2) is 0 Å². The number of likely N-dealkylation sites (tertiary alicyclic amines) is 1. The quantitative estimate of drug-likeness (QED) is 0.940. The summed E-state index contributed by atoms with van der Waals surface area (Å²) in [6.45, 7) is 5.54. The van der Waals surface area contributed by atoms with Gasteiger partial charge in [0.2, 0.25) is 5.91 Å². The molecule has 1 aliphatic heterocycles. The second-order valence-corrected chi connectivity index (χ2v) is 8.11. The number of amides is 1. The maximum atomic E-state index is 12.4. The Kier molecular flexibility index (Phi) is 3.52. The van der Waals surface area contributed by atoms with Crippen molar-refractivity contribution in [1.29, 1.82) is 0 Å². The van der Waals surface area contributed by atoms with Crippen LogP contribution in [0.3, 0.4) is 0 Å². The monoisotopic (exact) mass is 331 g/mol. The first kappa shape index (κ1) is 14.9. The molecular weight excluding hydrogens is 310 g/mol. The van der Waals surface area contributed by atoms with E-state index in [1.165, 1.54) is 19.3 Å². The average molecular weight is 331 g/mol. The van der Waals surface area contributed by atoms with Crippen LogP contribution < -0.4 is 5.56 Å². The molecule has 4 rings (SSSR count). The van der Waals surface area contributed by atoms with Gasteiger partial charge in [-0.25, -0.2) is 4.98 Å². The van der Waals surface area contributed by atoms with Gasteiger partial charge in [-0.3, -0.25) is 9.59 Å². The first-order valence-electron chi connectivity index (χ1n) is 8.30. The van der Waals surface area contributed by atoms with Crippen molar-refractivity contribution < 1.29 is 4.79 Å². The number of aryl methyl sites for hydroxylation is 2. The molecule has 0 spiro atoms. The molecule has 1 amide bonds. The predicted octanol–water partition coefficient (Wildman–Crippen LogP) is 2.72. The summed E-state index contributed by atoms with van der Waals surface area (Å²) in [5, 5.41) is 0.701. The molecule has 1 atom stereocenters. The molecule has 2 aromatic heterocycles. The van der Waals surface area contributed by atoms with Crippen LogP contribution in [0, 0.1) is 19.8 Å². The second kappa shape index (κ2) is 5.44. The third-order valence-electron chi connectivity index (χ3n) is 5.36. The van der Waals surface area contributed by atoms with Crippen LogP contribution in [0.15, 0.2) is 4.79 Å². The lowest BCUT2D eigenvalue weighted by Gasteiger charge is -2.30. The summed E-state index contributed by atoms with van der Waals surface area (Å²) in [5.41, 5.74) is 0.941. The molecule has 5 nitrogen and oxygen atoms in total. The van der Waals surface area contributed by atoms with E-state index in [1.54, 1.807) is 11.3 Å². The maximum absolute atomic E-state index is 12.4. The number of carbonyl (C=O) groups excluding carboxylic acids is 1. The van der Waals surface area contributed by atoms with Crippen LogP contribution in [0.1, 0.15) is 47.9 Å². The fourth-order valence-corrected chi connectivity index (χ4v) is 4.62. The van der Waals surface area contributed by atoms with E-state index in [0.29, 0.717) is 30.1 Å². The van der Waals surface area contributed by atoms with Crippen LogP contribution in [0.4, 0.5) is 0 Å². The van der Waals surface area contributed by atoms with Crippen molar-refractivity contribution in [1.82, 2.24) is 14.9 Å². The van der Waals surface area contributed by atoms with E-state index >= 15 is 0 Å². The number of nitrogens with zero attached hydrogens (tertiary/aromatic N) is 2.